The van der Waals surface area contributed by atoms with Gasteiger partial charge in [0.1, 0.15) is 11.6 Å². The second kappa shape index (κ2) is 10.1. The summed E-state index contributed by atoms with van der Waals surface area (Å²) in [6.45, 7) is 1.67. The zero-order valence-electron chi connectivity index (χ0n) is 15.2. The van der Waals surface area contributed by atoms with Crippen LogP contribution in [0.2, 0.25) is 0 Å². The summed E-state index contributed by atoms with van der Waals surface area (Å²) in [5, 5.41) is 2.47. The molecule has 0 saturated carbocycles. The molecule has 0 aliphatic heterocycles. The maximum absolute atomic E-state index is 13.5. The van der Waals surface area contributed by atoms with Gasteiger partial charge in [0.05, 0.1) is 17.7 Å². The molecule has 0 radical (unpaired) electrons. The second-order valence-electron chi connectivity index (χ2n) is 5.82. The number of nitrogens with one attached hydrogen (secondary N) is 1. The van der Waals surface area contributed by atoms with Crippen molar-refractivity contribution in [2.75, 3.05) is 18.5 Å². The Hall–Kier alpha value is -3.29. The van der Waals surface area contributed by atoms with Gasteiger partial charge in [0.2, 0.25) is 0 Å². The van der Waals surface area contributed by atoms with E-state index in [4.69, 9.17) is 9.47 Å². The van der Waals surface area contributed by atoms with Crippen molar-refractivity contribution in [3.05, 3.63) is 65.2 Å². The number of hydrogen-bond acceptors (Lipinski definition) is 5. The monoisotopic (exact) mass is 391 g/mol. The number of unbranched alkanes of at least 4 members (excludes halogenated alkanes) is 1. The Labute approximate surface area is 160 Å². The van der Waals surface area contributed by atoms with Gasteiger partial charge in [-0.25, -0.2) is 18.4 Å². The summed E-state index contributed by atoms with van der Waals surface area (Å²) in [6.07, 6.45) is 1.69. The minimum Gasteiger partial charge on any atom is -0.462 e. The lowest BCUT2D eigenvalue weighted by Crippen LogP contribution is -2.21. The van der Waals surface area contributed by atoms with Gasteiger partial charge in [-0.2, -0.15) is 0 Å². The number of ether oxygens (including phenoxy) is 2. The van der Waals surface area contributed by atoms with Crippen molar-refractivity contribution < 1.29 is 32.6 Å². The largest absolute Gasteiger partial charge is 0.462 e. The van der Waals surface area contributed by atoms with Crippen molar-refractivity contribution in [1.82, 2.24) is 0 Å². The summed E-state index contributed by atoms with van der Waals surface area (Å²) in [4.78, 5) is 35.4. The number of carbonyl (C=O) groups excluding carboxylic acids is 3. The van der Waals surface area contributed by atoms with Gasteiger partial charge in [0.25, 0.3) is 5.91 Å². The molecule has 148 valence electrons. The van der Waals surface area contributed by atoms with Crippen LogP contribution in [0.1, 0.15) is 40.5 Å². The molecule has 0 spiro atoms. The lowest BCUT2D eigenvalue weighted by molar-refractivity contribution is -0.119. The summed E-state index contributed by atoms with van der Waals surface area (Å²) in [5.74, 6) is -4.11. The zero-order chi connectivity index (χ0) is 20.5. The highest BCUT2D eigenvalue weighted by Crippen LogP contribution is 2.12. The molecule has 1 N–H and O–H groups in total. The molecular weight excluding hydrogens is 372 g/mol. The fourth-order valence-corrected chi connectivity index (χ4v) is 2.14. The summed E-state index contributed by atoms with van der Waals surface area (Å²) in [6, 6.07) is 8.36. The van der Waals surface area contributed by atoms with E-state index in [9.17, 15) is 23.2 Å². The SMILES string of the molecule is CCCCOC(=O)c1ccc(NC(=O)COC(=O)c2ccc(F)cc2F)cc1. The molecule has 28 heavy (non-hydrogen) atoms. The quantitative estimate of drug-likeness (QED) is 0.548. The van der Waals surface area contributed by atoms with Gasteiger partial charge in [0.15, 0.2) is 6.61 Å². The first-order valence-corrected chi connectivity index (χ1v) is 8.60. The van der Waals surface area contributed by atoms with Crippen LogP contribution in [0.15, 0.2) is 42.5 Å². The molecule has 0 bridgehead atoms. The van der Waals surface area contributed by atoms with Crippen molar-refractivity contribution in [2.45, 2.75) is 19.8 Å². The van der Waals surface area contributed by atoms with Crippen molar-refractivity contribution in [2.24, 2.45) is 0 Å². The van der Waals surface area contributed by atoms with Crippen molar-refractivity contribution in [3.8, 4) is 0 Å². The maximum Gasteiger partial charge on any atom is 0.341 e. The van der Waals surface area contributed by atoms with Crippen LogP contribution in [0.5, 0.6) is 0 Å². The normalized spacial score (nSPS) is 10.2. The first-order chi connectivity index (χ1) is 13.4. The molecule has 2 rings (SSSR count). The van der Waals surface area contributed by atoms with E-state index < -0.39 is 41.7 Å². The van der Waals surface area contributed by atoms with Gasteiger partial charge in [0, 0.05) is 11.8 Å². The van der Waals surface area contributed by atoms with Crippen molar-refractivity contribution in [3.63, 3.8) is 0 Å². The lowest BCUT2D eigenvalue weighted by Gasteiger charge is -2.08. The van der Waals surface area contributed by atoms with Gasteiger partial charge in [-0.15, -0.1) is 0 Å². The third-order valence-electron chi connectivity index (χ3n) is 3.62. The van der Waals surface area contributed by atoms with Crippen LogP contribution < -0.4 is 5.32 Å². The minimum atomic E-state index is -1.09. The van der Waals surface area contributed by atoms with Crippen molar-refractivity contribution >= 4 is 23.5 Å². The molecule has 0 fully saturated rings. The average Bonchev–Trinajstić information content (AvgIpc) is 2.67. The first kappa shape index (κ1) is 21.0. The average molecular weight is 391 g/mol. The highest BCUT2D eigenvalue weighted by Gasteiger charge is 2.15. The minimum absolute atomic E-state index is 0.340. The topological polar surface area (TPSA) is 81.7 Å². The van der Waals surface area contributed by atoms with Gasteiger partial charge < -0.3 is 14.8 Å². The number of amides is 1. The van der Waals surface area contributed by atoms with Crippen LogP contribution >= 0.6 is 0 Å². The molecule has 2 aromatic carbocycles. The summed E-state index contributed by atoms with van der Waals surface area (Å²) in [7, 11) is 0. The Kier molecular flexibility index (Phi) is 7.62. The highest BCUT2D eigenvalue weighted by molar-refractivity contribution is 5.96. The van der Waals surface area contributed by atoms with E-state index in [-0.39, 0.29) is 0 Å². The standard InChI is InChI=1S/C20H19F2NO5/c1-2-3-10-27-19(25)13-4-7-15(8-5-13)23-18(24)12-28-20(26)16-9-6-14(21)11-17(16)22/h4-9,11H,2-3,10,12H2,1H3,(H,23,24). The third kappa shape index (κ3) is 6.15. The predicted octanol–water partition coefficient (Wildman–Crippen LogP) is 3.72. The number of benzene rings is 2. The summed E-state index contributed by atoms with van der Waals surface area (Å²) < 4.78 is 36.1. The zero-order valence-corrected chi connectivity index (χ0v) is 15.2. The van der Waals surface area contributed by atoms with Crippen LogP contribution in [0.3, 0.4) is 0 Å². The van der Waals surface area contributed by atoms with Crippen LogP contribution in [0.4, 0.5) is 14.5 Å². The molecule has 0 unspecified atom stereocenters. The number of esters is 2. The van der Waals surface area contributed by atoms with Crippen LogP contribution in [0.25, 0.3) is 0 Å². The van der Waals surface area contributed by atoms with E-state index in [1.807, 2.05) is 6.92 Å². The molecule has 0 saturated heterocycles. The van der Waals surface area contributed by atoms with E-state index in [1.54, 1.807) is 0 Å². The van der Waals surface area contributed by atoms with Crippen LogP contribution in [0, 0.1) is 11.6 Å². The molecule has 0 aliphatic carbocycles. The Bertz CT molecular complexity index is 852. The third-order valence-corrected chi connectivity index (χ3v) is 3.62. The number of rotatable bonds is 8. The number of carbonyl (C=O) groups is 3. The molecule has 0 aromatic heterocycles. The van der Waals surface area contributed by atoms with Gasteiger partial charge in [-0.1, -0.05) is 13.3 Å². The van der Waals surface area contributed by atoms with Crippen LogP contribution in [-0.2, 0) is 14.3 Å². The molecule has 2 aromatic rings. The Morgan fingerprint density at radius 2 is 1.68 bits per heavy atom. The molecule has 0 aliphatic rings. The smallest absolute Gasteiger partial charge is 0.341 e. The number of halogens is 2. The maximum atomic E-state index is 13.5. The Morgan fingerprint density at radius 3 is 2.32 bits per heavy atom. The fourth-order valence-electron chi connectivity index (χ4n) is 2.14. The highest BCUT2D eigenvalue weighted by atomic mass is 19.1. The van der Waals surface area contributed by atoms with Gasteiger partial charge in [-0.05, 0) is 42.8 Å². The summed E-state index contributed by atoms with van der Waals surface area (Å²) in [5.41, 5.74) is 0.242. The fraction of sp³-hybridized carbons (Fsp3) is 0.250. The molecule has 0 atom stereocenters. The number of anilines is 1. The number of hydrogen-bond donors (Lipinski definition) is 1. The van der Waals surface area contributed by atoms with E-state index in [2.05, 4.69) is 5.32 Å². The van der Waals surface area contributed by atoms with Crippen LogP contribution in [-0.4, -0.2) is 31.1 Å². The van der Waals surface area contributed by atoms with E-state index in [1.165, 1.54) is 24.3 Å². The lowest BCUT2D eigenvalue weighted by atomic mass is 10.2. The Morgan fingerprint density at radius 1 is 0.964 bits per heavy atom. The van der Waals surface area contributed by atoms with E-state index >= 15 is 0 Å². The molecule has 1 amide bonds. The Balaban J connectivity index is 1.84. The molecule has 8 heteroatoms. The van der Waals surface area contributed by atoms with E-state index in [0.29, 0.717) is 23.9 Å². The summed E-state index contributed by atoms with van der Waals surface area (Å²) >= 11 is 0. The molecular formula is C20H19F2NO5. The van der Waals surface area contributed by atoms with Gasteiger partial charge in [-0.3, -0.25) is 4.79 Å². The molecule has 6 nitrogen and oxygen atoms in total. The first-order valence-electron chi connectivity index (χ1n) is 8.60. The van der Waals surface area contributed by atoms with Gasteiger partial charge >= 0.3 is 11.9 Å². The van der Waals surface area contributed by atoms with Crippen molar-refractivity contribution in [1.29, 1.82) is 0 Å². The van der Waals surface area contributed by atoms with E-state index in [0.717, 1.165) is 25.0 Å². The predicted molar refractivity (Wildman–Crippen MR) is 96.9 cm³/mol. The molecule has 0 heterocycles. The second-order valence-corrected chi connectivity index (χ2v) is 5.82.